The normalized spacial score (nSPS) is 10.5. The van der Waals surface area contributed by atoms with E-state index in [1.54, 1.807) is 0 Å². The Hall–Kier alpha value is -1.14. The SMILES string of the molecule is CNC(=O)C(O)(O)C(=O)OC. The highest BCUT2D eigenvalue weighted by Gasteiger charge is 2.42. The van der Waals surface area contributed by atoms with Gasteiger partial charge >= 0.3 is 11.8 Å². The first-order chi connectivity index (χ1) is 4.96. The molecule has 1 amide bonds. The molecule has 0 aromatic rings. The van der Waals surface area contributed by atoms with Crippen LogP contribution >= 0.6 is 0 Å². The second-order valence-electron chi connectivity index (χ2n) is 1.74. The average molecular weight is 163 g/mol. The molecule has 0 bridgehead atoms. The molecule has 0 saturated heterocycles. The van der Waals surface area contributed by atoms with Gasteiger partial charge in [0.2, 0.25) is 0 Å². The zero-order valence-corrected chi connectivity index (χ0v) is 6.12. The first kappa shape index (κ1) is 9.86. The van der Waals surface area contributed by atoms with E-state index in [0.29, 0.717) is 0 Å². The van der Waals surface area contributed by atoms with Gasteiger partial charge in [0, 0.05) is 7.05 Å². The Kier molecular flexibility index (Phi) is 2.97. The van der Waals surface area contributed by atoms with Crippen LogP contribution in [0.3, 0.4) is 0 Å². The molecule has 0 aromatic heterocycles. The first-order valence-corrected chi connectivity index (χ1v) is 2.72. The summed E-state index contributed by atoms with van der Waals surface area (Å²) >= 11 is 0. The molecule has 0 aliphatic heterocycles. The van der Waals surface area contributed by atoms with Gasteiger partial charge in [-0.3, -0.25) is 4.79 Å². The zero-order valence-electron chi connectivity index (χ0n) is 6.12. The van der Waals surface area contributed by atoms with E-state index in [0.717, 1.165) is 14.2 Å². The number of carbonyl (C=O) groups excluding carboxylic acids is 2. The van der Waals surface area contributed by atoms with Gasteiger partial charge in [0.1, 0.15) is 0 Å². The highest BCUT2D eigenvalue weighted by molar-refractivity contribution is 6.03. The fraction of sp³-hybridized carbons (Fsp3) is 0.600. The number of hydrogen-bond donors (Lipinski definition) is 3. The molecule has 0 fully saturated rings. The largest absolute Gasteiger partial charge is 0.465 e. The van der Waals surface area contributed by atoms with Gasteiger partial charge in [-0.25, -0.2) is 4.79 Å². The summed E-state index contributed by atoms with van der Waals surface area (Å²) in [5.74, 6) is -5.75. The van der Waals surface area contributed by atoms with E-state index in [4.69, 9.17) is 10.2 Å². The van der Waals surface area contributed by atoms with Gasteiger partial charge in [-0.15, -0.1) is 0 Å². The predicted octanol–water partition coefficient (Wildman–Crippen LogP) is -2.41. The Morgan fingerprint density at radius 2 is 1.91 bits per heavy atom. The third kappa shape index (κ3) is 1.89. The lowest BCUT2D eigenvalue weighted by atomic mass is 10.3. The van der Waals surface area contributed by atoms with Gasteiger partial charge in [-0.1, -0.05) is 0 Å². The molecule has 0 heterocycles. The van der Waals surface area contributed by atoms with Crippen LogP contribution < -0.4 is 5.32 Å². The number of carbonyl (C=O) groups is 2. The molecule has 3 N–H and O–H groups in total. The lowest BCUT2D eigenvalue weighted by molar-refractivity contribution is -0.207. The summed E-state index contributed by atoms with van der Waals surface area (Å²) in [6.07, 6.45) is 0. The monoisotopic (exact) mass is 163 g/mol. The zero-order chi connectivity index (χ0) is 9.07. The minimum absolute atomic E-state index is 0.937. The summed E-state index contributed by atoms with van der Waals surface area (Å²) < 4.78 is 3.94. The highest BCUT2D eigenvalue weighted by atomic mass is 16.6. The predicted molar refractivity (Wildman–Crippen MR) is 33.3 cm³/mol. The molecule has 0 spiro atoms. The summed E-state index contributed by atoms with van der Waals surface area (Å²) in [5.41, 5.74) is 0. The Bertz CT molecular complexity index is 158. The Morgan fingerprint density at radius 3 is 2.18 bits per heavy atom. The van der Waals surface area contributed by atoms with Crippen LogP contribution in [0.25, 0.3) is 0 Å². The van der Waals surface area contributed by atoms with Gasteiger partial charge in [0.05, 0.1) is 7.11 Å². The maximum absolute atomic E-state index is 10.5. The van der Waals surface area contributed by atoms with Crippen molar-refractivity contribution < 1.29 is 24.5 Å². The molecule has 0 aromatic carbocycles. The second-order valence-corrected chi connectivity index (χ2v) is 1.74. The molecule has 0 unspecified atom stereocenters. The van der Waals surface area contributed by atoms with Crippen LogP contribution in [0.4, 0.5) is 0 Å². The fourth-order valence-electron chi connectivity index (χ4n) is 0.409. The van der Waals surface area contributed by atoms with Crippen molar-refractivity contribution in [2.45, 2.75) is 5.79 Å². The van der Waals surface area contributed by atoms with Gasteiger partial charge in [-0.05, 0) is 0 Å². The molecule has 11 heavy (non-hydrogen) atoms. The summed E-state index contributed by atoms with van der Waals surface area (Å²) in [5, 5.41) is 19.3. The standard InChI is InChI=1S/C5H9NO5/c1-6-3(7)5(9,10)4(8)11-2/h9-10H,1-2H3,(H,6,7). The molecule has 64 valence electrons. The summed E-state index contributed by atoms with van der Waals surface area (Å²) in [4.78, 5) is 21.0. The number of amides is 1. The van der Waals surface area contributed by atoms with E-state index >= 15 is 0 Å². The fourth-order valence-corrected chi connectivity index (χ4v) is 0.409. The molecule has 0 aliphatic rings. The van der Waals surface area contributed by atoms with Crippen LogP contribution in [0, 0.1) is 0 Å². The topological polar surface area (TPSA) is 95.9 Å². The third-order valence-corrected chi connectivity index (χ3v) is 1.01. The minimum atomic E-state index is -3.09. The smallest absolute Gasteiger partial charge is 0.376 e. The second kappa shape index (κ2) is 3.31. The van der Waals surface area contributed by atoms with E-state index in [1.807, 2.05) is 5.32 Å². The molecule has 6 nitrogen and oxygen atoms in total. The van der Waals surface area contributed by atoms with Crippen molar-refractivity contribution in [3.05, 3.63) is 0 Å². The number of esters is 1. The van der Waals surface area contributed by atoms with E-state index in [-0.39, 0.29) is 0 Å². The quantitative estimate of drug-likeness (QED) is 0.239. The van der Waals surface area contributed by atoms with Crippen LogP contribution in [0.15, 0.2) is 0 Å². The van der Waals surface area contributed by atoms with E-state index in [1.165, 1.54) is 0 Å². The first-order valence-electron chi connectivity index (χ1n) is 2.72. The van der Waals surface area contributed by atoms with Crippen LogP contribution in [0.5, 0.6) is 0 Å². The maximum atomic E-state index is 10.5. The van der Waals surface area contributed by atoms with Gasteiger partial charge < -0.3 is 20.3 Å². The molecule has 6 heteroatoms. The summed E-state index contributed by atoms with van der Waals surface area (Å²) in [6.45, 7) is 0. The van der Waals surface area contributed by atoms with Crippen molar-refractivity contribution in [1.29, 1.82) is 0 Å². The lowest BCUT2D eigenvalue weighted by Crippen LogP contribution is -2.52. The molecule has 0 saturated carbocycles. The van der Waals surface area contributed by atoms with Crippen molar-refractivity contribution in [1.82, 2.24) is 5.32 Å². The lowest BCUT2D eigenvalue weighted by Gasteiger charge is -2.15. The Morgan fingerprint density at radius 1 is 1.45 bits per heavy atom. The van der Waals surface area contributed by atoms with Crippen molar-refractivity contribution in [2.75, 3.05) is 14.2 Å². The number of aliphatic hydroxyl groups is 2. The van der Waals surface area contributed by atoms with E-state index < -0.39 is 17.7 Å². The van der Waals surface area contributed by atoms with Crippen molar-refractivity contribution in [3.63, 3.8) is 0 Å². The number of rotatable bonds is 2. The van der Waals surface area contributed by atoms with Gasteiger partial charge in [0.15, 0.2) is 0 Å². The van der Waals surface area contributed by atoms with Crippen molar-refractivity contribution >= 4 is 11.9 Å². The van der Waals surface area contributed by atoms with Crippen molar-refractivity contribution in [2.24, 2.45) is 0 Å². The van der Waals surface area contributed by atoms with E-state index in [2.05, 4.69) is 4.74 Å². The maximum Gasteiger partial charge on any atom is 0.376 e. The number of likely N-dealkylation sites (N-methyl/N-ethyl adjacent to an activating group) is 1. The molecular formula is C5H9NO5. The van der Waals surface area contributed by atoms with Gasteiger partial charge in [-0.2, -0.15) is 0 Å². The minimum Gasteiger partial charge on any atom is -0.465 e. The number of ether oxygens (including phenoxy) is 1. The van der Waals surface area contributed by atoms with Crippen LogP contribution in [-0.2, 0) is 14.3 Å². The number of nitrogens with one attached hydrogen (secondary N) is 1. The van der Waals surface area contributed by atoms with Crippen LogP contribution in [-0.4, -0.2) is 42.0 Å². The highest BCUT2D eigenvalue weighted by Crippen LogP contribution is 2.00. The number of hydrogen-bond acceptors (Lipinski definition) is 5. The summed E-state index contributed by atoms with van der Waals surface area (Å²) in [6, 6.07) is 0. The Balaban J connectivity index is 4.44. The van der Waals surface area contributed by atoms with E-state index in [9.17, 15) is 9.59 Å². The molecule has 0 aliphatic carbocycles. The summed E-state index contributed by atoms with van der Waals surface area (Å²) in [7, 11) is 2.10. The third-order valence-electron chi connectivity index (χ3n) is 1.01. The number of methoxy groups -OCH3 is 1. The molecule has 0 rings (SSSR count). The Labute approximate surface area is 62.8 Å². The van der Waals surface area contributed by atoms with Gasteiger partial charge in [0.25, 0.3) is 5.91 Å². The average Bonchev–Trinajstić information content (AvgIpc) is 2.01. The van der Waals surface area contributed by atoms with Crippen molar-refractivity contribution in [3.8, 4) is 0 Å². The van der Waals surface area contributed by atoms with Crippen LogP contribution in [0.1, 0.15) is 0 Å². The van der Waals surface area contributed by atoms with Crippen LogP contribution in [0.2, 0.25) is 0 Å². The molecule has 0 atom stereocenters. The molecule has 0 radical (unpaired) electrons. The molecular weight excluding hydrogens is 154 g/mol.